The van der Waals surface area contributed by atoms with Gasteiger partial charge in [-0.2, -0.15) is 5.10 Å². The van der Waals surface area contributed by atoms with E-state index in [0.717, 1.165) is 31.6 Å². The summed E-state index contributed by atoms with van der Waals surface area (Å²) in [5.41, 5.74) is 6.65. The summed E-state index contributed by atoms with van der Waals surface area (Å²) in [6.07, 6.45) is 3.71. The molecule has 4 N–H and O–H groups in total. The van der Waals surface area contributed by atoms with E-state index in [4.69, 9.17) is 5.73 Å². The molecule has 76 valence electrons. The van der Waals surface area contributed by atoms with Gasteiger partial charge in [-0.15, -0.1) is 0 Å². The molecule has 0 aromatic carbocycles. The number of nitrogens with zero attached hydrogens (tertiary/aromatic N) is 1. The van der Waals surface area contributed by atoms with Gasteiger partial charge >= 0.3 is 0 Å². The molecule has 1 saturated heterocycles. The summed E-state index contributed by atoms with van der Waals surface area (Å²) in [7, 11) is 0. The van der Waals surface area contributed by atoms with Crippen molar-refractivity contribution in [1.29, 1.82) is 0 Å². The van der Waals surface area contributed by atoms with Crippen LogP contribution in [-0.4, -0.2) is 29.2 Å². The van der Waals surface area contributed by atoms with Gasteiger partial charge in [0.15, 0.2) is 0 Å². The van der Waals surface area contributed by atoms with Gasteiger partial charge < -0.3 is 11.1 Å². The molecule has 1 aliphatic rings. The molecule has 14 heavy (non-hydrogen) atoms. The van der Waals surface area contributed by atoms with Crippen LogP contribution in [-0.2, 0) is 0 Å². The Labute approximate surface area is 82.1 Å². The van der Waals surface area contributed by atoms with Crippen LogP contribution in [0.15, 0.2) is 6.20 Å². The van der Waals surface area contributed by atoms with Crippen molar-refractivity contribution in [3.8, 4) is 0 Å². The maximum absolute atomic E-state index is 11.1. The lowest BCUT2D eigenvalue weighted by Crippen LogP contribution is -2.29. The summed E-state index contributed by atoms with van der Waals surface area (Å²) in [6.45, 7) is 1.94. The zero-order valence-corrected chi connectivity index (χ0v) is 7.92. The van der Waals surface area contributed by atoms with E-state index in [1.807, 2.05) is 0 Å². The number of aromatic nitrogens is 2. The zero-order valence-electron chi connectivity index (χ0n) is 7.92. The molecule has 0 bridgehead atoms. The summed E-state index contributed by atoms with van der Waals surface area (Å²) in [4.78, 5) is 11.1. The van der Waals surface area contributed by atoms with Gasteiger partial charge in [0.2, 0.25) is 0 Å². The van der Waals surface area contributed by atoms with Crippen LogP contribution in [0.3, 0.4) is 0 Å². The molecule has 0 aliphatic carbocycles. The maximum Gasteiger partial charge on any atom is 0.252 e. The fraction of sp³-hybridized carbons (Fsp3) is 0.556. The van der Waals surface area contributed by atoms with Crippen molar-refractivity contribution in [3.63, 3.8) is 0 Å². The third-order valence-electron chi connectivity index (χ3n) is 2.64. The first-order valence-electron chi connectivity index (χ1n) is 4.83. The Bertz CT molecular complexity index is 327. The highest BCUT2D eigenvalue weighted by Gasteiger charge is 2.21. The predicted octanol–water partition coefficient (Wildman–Crippen LogP) is -0.0244. The van der Waals surface area contributed by atoms with Crippen LogP contribution in [0, 0.1) is 0 Å². The molecule has 1 aromatic rings. The third-order valence-corrected chi connectivity index (χ3v) is 2.64. The molecule has 1 aliphatic heterocycles. The number of nitrogens with two attached hydrogens (primary N) is 1. The van der Waals surface area contributed by atoms with Gasteiger partial charge in [-0.25, -0.2) is 0 Å². The predicted molar refractivity (Wildman–Crippen MR) is 52.0 cm³/mol. The van der Waals surface area contributed by atoms with Gasteiger partial charge in [0.05, 0.1) is 17.5 Å². The number of nitrogens with one attached hydrogen (secondary N) is 2. The molecule has 1 aromatic heterocycles. The standard InChI is InChI=1S/C9H14N4O/c10-9(14)7-5-12-13-8(7)6-2-1-3-11-4-6/h5-6,11H,1-4H2,(H2,10,14)(H,12,13)/t6-/m0/s1. The first-order chi connectivity index (χ1) is 6.79. The van der Waals surface area contributed by atoms with E-state index < -0.39 is 5.91 Å². The monoisotopic (exact) mass is 194 g/mol. The largest absolute Gasteiger partial charge is 0.365 e. The van der Waals surface area contributed by atoms with Gasteiger partial charge in [-0.05, 0) is 19.4 Å². The molecule has 2 heterocycles. The van der Waals surface area contributed by atoms with Crippen molar-refractivity contribution in [2.45, 2.75) is 18.8 Å². The minimum Gasteiger partial charge on any atom is -0.365 e. The van der Waals surface area contributed by atoms with Gasteiger partial charge in [-0.1, -0.05) is 0 Å². The number of rotatable bonds is 2. The van der Waals surface area contributed by atoms with E-state index in [-0.39, 0.29) is 0 Å². The number of carbonyl (C=O) groups excluding carboxylic acids is 1. The van der Waals surface area contributed by atoms with Gasteiger partial charge in [0, 0.05) is 12.5 Å². The number of carbonyl (C=O) groups is 1. The topological polar surface area (TPSA) is 83.8 Å². The lowest BCUT2D eigenvalue weighted by atomic mass is 9.94. The molecular weight excluding hydrogens is 180 g/mol. The van der Waals surface area contributed by atoms with Crippen molar-refractivity contribution in [2.75, 3.05) is 13.1 Å². The molecule has 0 spiro atoms. The quantitative estimate of drug-likeness (QED) is 0.618. The van der Waals surface area contributed by atoms with Gasteiger partial charge in [0.25, 0.3) is 5.91 Å². The minimum absolute atomic E-state index is 0.341. The highest BCUT2D eigenvalue weighted by molar-refractivity contribution is 5.93. The Morgan fingerprint density at radius 3 is 3.14 bits per heavy atom. The van der Waals surface area contributed by atoms with Crippen molar-refractivity contribution in [3.05, 3.63) is 17.5 Å². The van der Waals surface area contributed by atoms with Crippen molar-refractivity contribution in [2.24, 2.45) is 5.73 Å². The van der Waals surface area contributed by atoms with Crippen molar-refractivity contribution in [1.82, 2.24) is 15.5 Å². The number of hydrogen-bond donors (Lipinski definition) is 3. The first-order valence-corrected chi connectivity index (χ1v) is 4.83. The van der Waals surface area contributed by atoms with Crippen LogP contribution in [0.25, 0.3) is 0 Å². The summed E-state index contributed by atoms with van der Waals surface area (Å²) in [5, 5.41) is 10.0. The second-order valence-corrected chi connectivity index (χ2v) is 3.60. The maximum atomic E-state index is 11.1. The second-order valence-electron chi connectivity index (χ2n) is 3.60. The summed E-state index contributed by atoms with van der Waals surface area (Å²) < 4.78 is 0. The molecule has 1 fully saturated rings. The molecule has 5 nitrogen and oxygen atoms in total. The lowest BCUT2D eigenvalue weighted by molar-refractivity contribution is 0.0999. The molecule has 0 saturated carbocycles. The highest BCUT2D eigenvalue weighted by Crippen LogP contribution is 2.23. The van der Waals surface area contributed by atoms with Crippen LogP contribution >= 0.6 is 0 Å². The number of primary amides is 1. The Morgan fingerprint density at radius 1 is 1.64 bits per heavy atom. The SMILES string of the molecule is NC(=O)c1cn[nH]c1[C@H]1CCCNC1. The number of amides is 1. The summed E-state index contributed by atoms with van der Waals surface area (Å²) in [6, 6.07) is 0. The number of H-pyrrole nitrogens is 1. The average Bonchev–Trinajstić information content (AvgIpc) is 2.67. The van der Waals surface area contributed by atoms with E-state index in [1.54, 1.807) is 0 Å². The van der Waals surface area contributed by atoms with E-state index in [2.05, 4.69) is 15.5 Å². The van der Waals surface area contributed by atoms with Crippen molar-refractivity contribution >= 4 is 5.91 Å². The number of hydrogen-bond acceptors (Lipinski definition) is 3. The molecule has 2 rings (SSSR count). The number of aromatic amines is 1. The smallest absolute Gasteiger partial charge is 0.252 e. The fourth-order valence-electron chi connectivity index (χ4n) is 1.90. The molecular formula is C9H14N4O. The Kier molecular flexibility index (Phi) is 2.49. The van der Waals surface area contributed by atoms with Gasteiger partial charge in [-0.3, -0.25) is 9.89 Å². The first kappa shape index (κ1) is 9.21. The van der Waals surface area contributed by atoms with E-state index in [0.29, 0.717) is 11.5 Å². The normalized spacial score (nSPS) is 22.1. The molecule has 0 radical (unpaired) electrons. The van der Waals surface area contributed by atoms with Crippen LogP contribution in [0.2, 0.25) is 0 Å². The Hall–Kier alpha value is -1.36. The molecule has 1 atom stereocenters. The third kappa shape index (κ3) is 1.63. The lowest BCUT2D eigenvalue weighted by Gasteiger charge is -2.22. The minimum atomic E-state index is -0.403. The summed E-state index contributed by atoms with van der Waals surface area (Å²) >= 11 is 0. The molecule has 1 amide bonds. The molecule has 0 unspecified atom stereocenters. The average molecular weight is 194 g/mol. The number of piperidine rings is 1. The van der Waals surface area contributed by atoms with E-state index in [1.165, 1.54) is 6.20 Å². The van der Waals surface area contributed by atoms with Crippen LogP contribution in [0.4, 0.5) is 0 Å². The van der Waals surface area contributed by atoms with E-state index in [9.17, 15) is 4.79 Å². The zero-order chi connectivity index (χ0) is 9.97. The fourth-order valence-corrected chi connectivity index (χ4v) is 1.90. The van der Waals surface area contributed by atoms with Crippen LogP contribution in [0.5, 0.6) is 0 Å². The summed E-state index contributed by atoms with van der Waals surface area (Å²) in [5.74, 6) is -0.0620. The van der Waals surface area contributed by atoms with Crippen LogP contribution < -0.4 is 11.1 Å². The van der Waals surface area contributed by atoms with Crippen molar-refractivity contribution < 1.29 is 4.79 Å². The van der Waals surface area contributed by atoms with Gasteiger partial charge in [0.1, 0.15) is 0 Å². The molecule has 5 heteroatoms. The van der Waals surface area contributed by atoms with E-state index >= 15 is 0 Å². The highest BCUT2D eigenvalue weighted by atomic mass is 16.1. The Morgan fingerprint density at radius 2 is 2.50 bits per heavy atom. The Balaban J connectivity index is 2.21. The second kappa shape index (κ2) is 3.79. The van der Waals surface area contributed by atoms with Crippen LogP contribution in [0.1, 0.15) is 34.8 Å².